The van der Waals surface area contributed by atoms with Gasteiger partial charge in [-0.1, -0.05) is 16.9 Å². The minimum absolute atomic E-state index is 0.0793. The highest BCUT2D eigenvalue weighted by molar-refractivity contribution is 8.06. The van der Waals surface area contributed by atoms with Crippen LogP contribution < -0.4 is 11.1 Å². The van der Waals surface area contributed by atoms with Crippen LogP contribution in [0.1, 0.15) is 5.69 Å². The predicted molar refractivity (Wildman–Crippen MR) is 109 cm³/mol. The molecule has 2 atom stereocenters. The van der Waals surface area contributed by atoms with Gasteiger partial charge in [-0.15, -0.1) is 23.1 Å². The summed E-state index contributed by atoms with van der Waals surface area (Å²) in [4.78, 5) is 47.5. The molecule has 11 nitrogen and oxygen atoms in total. The summed E-state index contributed by atoms with van der Waals surface area (Å²) < 4.78 is 4.97. The SMILES string of the molecule is COCSC1=C(C(=O)O)N2C(=O)C(NC(=O)/C(=N\OC)c3csc(N)n3)C2SC1. The van der Waals surface area contributed by atoms with Crippen molar-refractivity contribution in [1.82, 2.24) is 15.2 Å². The number of carbonyl (C=O) groups is 3. The first-order valence-corrected chi connectivity index (χ1v) is 11.0. The molecule has 2 aliphatic heterocycles. The summed E-state index contributed by atoms with van der Waals surface area (Å²) in [5.41, 5.74) is 5.61. The highest BCUT2D eigenvalue weighted by Crippen LogP contribution is 2.43. The zero-order valence-electron chi connectivity index (χ0n) is 15.3. The van der Waals surface area contributed by atoms with Crippen molar-refractivity contribution in [3.05, 3.63) is 21.7 Å². The van der Waals surface area contributed by atoms with Crippen LogP contribution >= 0.6 is 34.9 Å². The Labute approximate surface area is 177 Å². The lowest BCUT2D eigenvalue weighted by atomic mass is 10.0. The molecule has 3 heterocycles. The first-order chi connectivity index (χ1) is 13.9. The molecule has 4 N–H and O–H groups in total. The Morgan fingerprint density at radius 3 is 2.86 bits per heavy atom. The number of amides is 2. The van der Waals surface area contributed by atoms with Crippen molar-refractivity contribution in [3.8, 4) is 0 Å². The summed E-state index contributed by atoms with van der Waals surface area (Å²) in [5.74, 6) is -1.73. The van der Waals surface area contributed by atoms with Gasteiger partial charge in [-0.2, -0.15) is 0 Å². The maximum absolute atomic E-state index is 12.7. The molecule has 0 bridgehead atoms. The van der Waals surface area contributed by atoms with Crippen molar-refractivity contribution in [2.75, 3.05) is 31.6 Å². The van der Waals surface area contributed by atoms with Gasteiger partial charge in [-0.3, -0.25) is 14.5 Å². The number of fused-ring (bicyclic) bond motifs is 1. The Kier molecular flexibility index (Phi) is 6.66. The van der Waals surface area contributed by atoms with Gasteiger partial charge in [0, 0.05) is 23.1 Å². The van der Waals surface area contributed by atoms with E-state index in [1.165, 1.54) is 42.6 Å². The lowest BCUT2D eigenvalue weighted by Gasteiger charge is -2.49. The Balaban J connectivity index is 1.77. The maximum Gasteiger partial charge on any atom is 0.353 e. The van der Waals surface area contributed by atoms with Crippen LogP contribution in [0.4, 0.5) is 5.13 Å². The largest absolute Gasteiger partial charge is 0.477 e. The van der Waals surface area contributed by atoms with Crippen molar-refractivity contribution < 1.29 is 29.1 Å². The number of ether oxygens (including phenoxy) is 1. The lowest BCUT2D eigenvalue weighted by Crippen LogP contribution is -2.71. The maximum atomic E-state index is 12.7. The zero-order valence-corrected chi connectivity index (χ0v) is 17.7. The van der Waals surface area contributed by atoms with Gasteiger partial charge in [0.25, 0.3) is 11.8 Å². The number of carboxylic acid groups (broad SMARTS) is 1. The van der Waals surface area contributed by atoms with Crippen LogP contribution in [0.25, 0.3) is 0 Å². The molecule has 2 aliphatic rings. The van der Waals surface area contributed by atoms with Gasteiger partial charge < -0.3 is 25.7 Å². The highest BCUT2D eigenvalue weighted by atomic mass is 32.2. The van der Waals surface area contributed by atoms with Crippen molar-refractivity contribution in [1.29, 1.82) is 0 Å². The molecule has 0 radical (unpaired) electrons. The number of nitrogens with one attached hydrogen (secondary N) is 1. The predicted octanol–water partition coefficient (Wildman–Crippen LogP) is 0.109. The molecule has 1 saturated heterocycles. The summed E-state index contributed by atoms with van der Waals surface area (Å²) in [5, 5.41) is 17.1. The van der Waals surface area contributed by atoms with E-state index in [1.807, 2.05) is 0 Å². The summed E-state index contributed by atoms with van der Waals surface area (Å²) in [6, 6.07) is -0.895. The second-order valence-corrected chi connectivity index (χ2v) is 8.69. The van der Waals surface area contributed by atoms with Gasteiger partial charge in [-0.05, 0) is 0 Å². The molecule has 1 aromatic heterocycles. The van der Waals surface area contributed by atoms with Crippen molar-refractivity contribution >= 4 is 63.5 Å². The number of oxime groups is 1. The van der Waals surface area contributed by atoms with Gasteiger partial charge in [0.15, 0.2) is 10.8 Å². The number of aliphatic carboxylic acids is 1. The number of rotatable bonds is 8. The number of thioether (sulfide) groups is 2. The summed E-state index contributed by atoms with van der Waals surface area (Å²) >= 11 is 3.71. The number of anilines is 1. The van der Waals surface area contributed by atoms with E-state index in [9.17, 15) is 19.5 Å². The smallest absolute Gasteiger partial charge is 0.353 e. The number of hydrogen-bond acceptors (Lipinski definition) is 11. The van der Waals surface area contributed by atoms with Crippen molar-refractivity contribution in [3.63, 3.8) is 0 Å². The number of thiazole rings is 1. The fourth-order valence-electron chi connectivity index (χ4n) is 2.73. The fourth-order valence-corrected chi connectivity index (χ4v) is 5.60. The van der Waals surface area contributed by atoms with Gasteiger partial charge in [0.1, 0.15) is 29.9 Å². The molecule has 0 aliphatic carbocycles. The Bertz CT molecular complexity index is 901. The van der Waals surface area contributed by atoms with Crippen molar-refractivity contribution in [2.24, 2.45) is 5.16 Å². The molecule has 2 unspecified atom stereocenters. The Hall–Kier alpha value is -2.29. The molecule has 2 amide bonds. The molecule has 0 aromatic carbocycles. The number of methoxy groups -OCH3 is 1. The molecule has 1 aromatic rings. The van der Waals surface area contributed by atoms with E-state index in [2.05, 4.69) is 15.5 Å². The van der Waals surface area contributed by atoms with E-state index < -0.39 is 29.2 Å². The second-order valence-electron chi connectivity index (χ2n) is 5.68. The van der Waals surface area contributed by atoms with Crippen LogP contribution in [-0.2, 0) is 24.0 Å². The minimum Gasteiger partial charge on any atom is -0.477 e. The number of β-lactam (4-membered cyclic amide) rings is 1. The third-order valence-electron chi connectivity index (χ3n) is 3.94. The number of hydrogen-bond donors (Lipinski definition) is 3. The number of nitrogens with two attached hydrogens (primary N) is 1. The number of carbonyl (C=O) groups excluding carboxylic acids is 2. The average Bonchev–Trinajstić information content (AvgIpc) is 3.13. The highest BCUT2D eigenvalue weighted by Gasteiger charge is 2.54. The normalized spacial score (nSPS) is 21.5. The molecule has 14 heteroatoms. The topological polar surface area (TPSA) is 156 Å². The number of aromatic nitrogens is 1. The first kappa shape index (κ1) is 21.4. The van der Waals surface area contributed by atoms with E-state index >= 15 is 0 Å². The average molecular weight is 460 g/mol. The molecular weight excluding hydrogens is 442 g/mol. The monoisotopic (exact) mass is 459 g/mol. The molecule has 29 heavy (non-hydrogen) atoms. The van der Waals surface area contributed by atoms with Gasteiger partial charge in [-0.25, -0.2) is 9.78 Å². The zero-order chi connectivity index (χ0) is 21.1. The number of nitrogen functional groups attached to an aromatic ring is 1. The van der Waals surface area contributed by atoms with Crippen LogP contribution in [0.2, 0.25) is 0 Å². The third-order valence-corrected chi connectivity index (χ3v) is 7.11. The summed E-state index contributed by atoms with van der Waals surface area (Å²) in [6.07, 6.45) is 0. The van der Waals surface area contributed by atoms with E-state index in [0.29, 0.717) is 10.7 Å². The van der Waals surface area contributed by atoms with Crippen LogP contribution in [0, 0.1) is 0 Å². The minimum atomic E-state index is -1.20. The van der Waals surface area contributed by atoms with Gasteiger partial charge in [0.05, 0.1) is 5.94 Å². The lowest BCUT2D eigenvalue weighted by molar-refractivity contribution is -0.150. The molecular formula is C15H17N5O6S3. The third kappa shape index (κ3) is 4.19. The van der Waals surface area contributed by atoms with Crippen LogP contribution in [0.3, 0.4) is 0 Å². The summed E-state index contributed by atoms with van der Waals surface area (Å²) in [6.45, 7) is 0. The van der Waals surface area contributed by atoms with E-state index in [-0.39, 0.29) is 28.2 Å². The van der Waals surface area contributed by atoms with Crippen LogP contribution in [0.5, 0.6) is 0 Å². The van der Waals surface area contributed by atoms with Gasteiger partial charge >= 0.3 is 5.97 Å². The quantitative estimate of drug-likeness (QED) is 0.211. The Morgan fingerprint density at radius 1 is 1.52 bits per heavy atom. The fraction of sp³-hybridized carbons (Fsp3) is 0.400. The molecule has 3 rings (SSSR count). The van der Waals surface area contributed by atoms with E-state index in [1.54, 1.807) is 5.38 Å². The van der Waals surface area contributed by atoms with Gasteiger partial charge in [0.2, 0.25) is 0 Å². The first-order valence-electron chi connectivity index (χ1n) is 8.05. The van der Waals surface area contributed by atoms with Crippen LogP contribution in [0.15, 0.2) is 21.1 Å². The van der Waals surface area contributed by atoms with E-state index in [0.717, 1.165) is 11.3 Å². The molecule has 0 spiro atoms. The van der Waals surface area contributed by atoms with Crippen LogP contribution in [-0.4, -0.2) is 75.8 Å². The number of carboxylic acids is 1. The number of nitrogens with zero attached hydrogens (tertiary/aromatic N) is 3. The Morgan fingerprint density at radius 2 is 2.28 bits per heavy atom. The summed E-state index contributed by atoms with van der Waals surface area (Å²) in [7, 11) is 2.78. The molecule has 156 valence electrons. The van der Waals surface area contributed by atoms with Crippen molar-refractivity contribution in [2.45, 2.75) is 11.4 Å². The molecule has 0 saturated carbocycles. The molecule has 1 fully saturated rings. The van der Waals surface area contributed by atoms with E-state index in [4.69, 9.17) is 15.3 Å². The second kappa shape index (κ2) is 9.02. The standard InChI is InChI=1S/C15H17N5O6S3/c1-25-5-29-7-4-27-13-9(12(22)20(13)10(7)14(23)24)18-11(21)8(19-26-2)6-3-28-15(16)17-6/h3,9,13H,4-5H2,1-2H3,(H2,16,17)(H,18,21)(H,23,24)/b19-8-.